The van der Waals surface area contributed by atoms with Crippen LogP contribution in [0.3, 0.4) is 0 Å². The quantitative estimate of drug-likeness (QED) is 0.549. The second-order valence-electron chi connectivity index (χ2n) is 5.91. The van der Waals surface area contributed by atoms with Crippen LogP contribution in [0.25, 0.3) is 0 Å². The Balaban J connectivity index is 2.28. The zero-order valence-corrected chi connectivity index (χ0v) is 14.7. The van der Waals surface area contributed by atoms with Crippen molar-refractivity contribution in [1.82, 2.24) is 0 Å². The van der Waals surface area contributed by atoms with E-state index in [1.165, 1.54) is 6.08 Å². The van der Waals surface area contributed by atoms with E-state index in [-0.39, 0.29) is 18.9 Å². The molecule has 0 aromatic heterocycles. The van der Waals surface area contributed by atoms with Gasteiger partial charge < -0.3 is 14.6 Å². The summed E-state index contributed by atoms with van der Waals surface area (Å²) in [4.78, 5) is 26.4. The summed E-state index contributed by atoms with van der Waals surface area (Å²) >= 11 is 0. The number of hydrogen-bond donors (Lipinski definition) is 1. The van der Waals surface area contributed by atoms with E-state index < -0.39 is 11.7 Å². The highest BCUT2D eigenvalue weighted by atomic mass is 16.5. The van der Waals surface area contributed by atoms with E-state index in [1.54, 1.807) is 25.3 Å². The van der Waals surface area contributed by atoms with Crippen LogP contribution in [0.2, 0.25) is 0 Å². The molecule has 26 heavy (non-hydrogen) atoms. The maximum atomic E-state index is 11.9. The van der Waals surface area contributed by atoms with Gasteiger partial charge in [0, 0.05) is 6.42 Å². The fraction of sp³-hybridized carbons (Fsp3) is 0.300. The second-order valence-corrected chi connectivity index (χ2v) is 5.91. The van der Waals surface area contributed by atoms with Crippen LogP contribution < -0.4 is 4.74 Å². The van der Waals surface area contributed by atoms with Crippen LogP contribution in [0.5, 0.6) is 5.75 Å². The Morgan fingerprint density at radius 2 is 1.85 bits per heavy atom. The molecule has 0 aliphatic rings. The minimum absolute atomic E-state index is 0.0109. The number of isocyanates is 1. The van der Waals surface area contributed by atoms with Crippen molar-refractivity contribution in [3.05, 3.63) is 65.7 Å². The van der Waals surface area contributed by atoms with Crippen molar-refractivity contribution in [3.63, 3.8) is 0 Å². The van der Waals surface area contributed by atoms with Gasteiger partial charge in [0.05, 0.1) is 13.7 Å². The van der Waals surface area contributed by atoms with Gasteiger partial charge in [-0.25, -0.2) is 9.59 Å². The molecule has 0 amide bonds. The first-order valence-electron chi connectivity index (χ1n) is 8.15. The van der Waals surface area contributed by atoms with Crippen molar-refractivity contribution in [2.75, 3.05) is 7.11 Å². The van der Waals surface area contributed by atoms with Crippen LogP contribution in [-0.2, 0) is 20.9 Å². The molecule has 0 aliphatic carbocycles. The van der Waals surface area contributed by atoms with Crippen LogP contribution in [0.15, 0.2) is 59.6 Å². The van der Waals surface area contributed by atoms with Crippen LogP contribution >= 0.6 is 0 Å². The van der Waals surface area contributed by atoms with Gasteiger partial charge in [-0.2, -0.15) is 4.99 Å². The summed E-state index contributed by atoms with van der Waals surface area (Å²) in [6, 6.07) is 16.4. The summed E-state index contributed by atoms with van der Waals surface area (Å²) in [5.41, 5.74) is -0.424. The molecule has 6 nitrogen and oxygen atoms in total. The van der Waals surface area contributed by atoms with Gasteiger partial charge in [-0.3, -0.25) is 0 Å². The van der Waals surface area contributed by atoms with E-state index in [0.29, 0.717) is 5.75 Å². The highest BCUT2D eigenvalue weighted by Crippen LogP contribution is 2.35. The molecule has 0 heterocycles. The number of carboxylic acids is 1. The number of hydrogen-bond acceptors (Lipinski definition) is 5. The van der Waals surface area contributed by atoms with E-state index in [2.05, 4.69) is 4.99 Å². The fourth-order valence-corrected chi connectivity index (χ4v) is 2.78. The Kier molecular flexibility index (Phi) is 6.67. The summed E-state index contributed by atoms with van der Waals surface area (Å²) in [5, 5.41) is 9.73. The minimum Gasteiger partial charge on any atom is -0.496 e. The standard InChI is InChI=1S/C20H21NO5/c1-15(17-10-6-7-11-18(17)25-2)12-20(19(23)24,21-14-22)26-13-16-8-4-3-5-9-16/h3-11,15H,12-13H2,1-2H3,(H,23,24). The molecule has 2 aromatic carbocycles. The lowest BCUT2D eigenvalue weighted by Crippen LogP contribution is -2.41. The summed E-state index contributed by atoms with van der Waals surface area (Å²) in [6.45, 7) is 1.85. The number of carboxylic acid groups (broad SMARTS) is 1. The Labute approximate surface area is 152 Å². The second kappa shape index (κ2) is 8.94. The lowest BCUT2D eigenvalue weighted by atomic mass is 9.91. The molecule has 0 spiro atoms. The predicted octanol–water partition coefficient (Wildman–Crippen LogP) is 3.52. The average Bonchev–Trinajstić information content (AvgIpc) is 2.66. The number of aliphatic carboxylic acids is 1. The van der Waals surface area contributed by atoms with Gasteiger partial charge in [-0.05, 0) is 23.1 Å². The summed E-state index contributed by atoms with van der Waals surface area (Å²) in [7, 11) is 1.55. The van der Waals surface area contributed by atoms with E-state index in [0.717, 1.165) is 11.1 Å². The smallest absolute Gasteiger partial charge is 0.360 e. The molecular weight excluding hydrogens is 334 g/mol. The molecule has 2 atom stereocenters. The third-order valence-corrected chi connectivity index (χ3v) is 4.13. The summed E-state index contributed by atoms with van der Waals surface area (Å²) in [5.74, 6) is -0.980. The van der Waals surface area contributed by atoms with Crippen molar-refractivity contribution >= 4 is 12.0 Å². The zero-order chi connectivity index (χ0) is 19.0. The van der Waals surface area contributed by atoms with E-state index in [9.17, 15) is 14.7 Å². The maximum absolute atomic E-state index is 11.9. The fourth-order valence-electron chi connectivity index (χ4n) is 2.78. The van der Waals surface area contributed by atoms with Crippen LogP contribution in [0, 0.1) is 0 Å². The number of benzene rings is 2. The lowest BCUT2D eigenvalue weighted by Gasteiger charge is -2.27. The first-order valence-corrected chi connectivity index (χ1v) is 8.15. The van der Waals surface area contributed by atoms with Gasteiger partial charge in [0.25, 0.3) is 5.72 Å². The van der Waals surface area contributed by atoms with E-state index in [1.807, 2.05) is 43.3 Å². The number of carbonyl (C=O) groups is 1. The molecule has 2 rings (SSSR count). The van der Waals surface area contributed by atoms with Crippen LogP contribution in [-0.4, -0.2) is 30.0 Å². The SMILES string of the molecule is COc1ccccc1C(C)CC(N=C=O)(OCc1ccccc1)C(=O)O. The van der Waals surface area contributed by atoms with Crippen molar-refractivity contribution in [2.24, 2.45) is 4.99 Å². The van der Waals surface area contributed by atoms with Crippen LogP contribution in [0.1, 0.15) is 30.4 Å². The number of nitrogens with zero attached hydrogens (tertiary/aromatic N) is 1. The third kappa shape index (κ3) is 4.57. The number of rotatable bonds is 9. The van der Waals surface area contributed by atoms with Crippen molar-refractivity contribution in [3.8, 4) is 5.75 Å². The topological polar surface area (TPSA) is 85.2 Å². The number of ether oxygens (including phenoxy) is 2. The number of aliphatic imine (C=N–C) groups is 1. The first-order chi connectivity index (χ1) is 12.5. The molecule has 2 aromatic rings. The van der Waals surface area contributed by atoms with Crippen molar-refractivity contribution < 1.29 is 24.2 Å². The molecule has 0 bridgehead atoms. The van der Waals surface area contributed by atoms with E-state index >= 15 is 0 Å². The Bertz CT molecular complexity index is 782. The minimum atomic E-state index is -2.02. The van der Waals surface area contributed by atoms with Gasteiger partial charge in [0.1, 0.15) is 5.75 Å². The highest BCUT2D eigenvalue weighted by molar-refractivity contribution is 5.78. The van der Waals surface area contributed by atoms with Gasteiger partial charge in [0.15, 0.2) is 0 Å². The van der Waals surface area contributed by atoms with Crippen LogP contribution in [0.4, 0.5) is 0 Å². The Morgan fingerprint density at radius 3 is 2.46 bits per heavy atom. The summed E-state index contributed by atoms with van der Waals surface area (Å²) < 4.78 is 10.9. The van der Waals surface area contributed by atoms with Crippen molar-refractivity contribution in [1.29, 1.82) is 0 Å². The Morgan fingerprint density at radius 1 is 1.19 bits per heavy atom. The molecule has 0 radical (unpaired) electrons. The zero-order valence-electron chi connectivity index (χ0n) is 14.7. The largest absolute Gasteiger partial charge is 0.496 e. The lowest BCUT2D eigenvalue weighted by molar-refractivity contribution is -0.168. The molecule has 0 saturated heterocycles. The first kappa shape index (κ1) is 19.4. The normalized spacial score (nSPS) is 13.9. The molecule has 2 unspecified atom stereocenters. The number of para-hydroxylation sites is 1. The third-order valence-electron chi connectivity index (χ3n) is 4.13. The van der Waals surface area contributed by atoms with Gasteiger partial charge in [-0.15, -0.1) is 0 Å². The van der Waals surface area contributed by atoms with Crippen molar-refractivity contribution in [2.45, 2.75) is 31.6 Å². The number of carbonyl (C=O) groups excluding carboxylic acids is 1. The van der Waals surface area contributed by atoms with Gasteiger partial charge in [-0.1, -0.05) is 55.5 Å². The van der Waals surface area contributed by atoms with Gasteiger partial charge >= 0.3 is 5.97 Å². The number of methoxy groups -OCH3 is 1. The molecule has 0 fully saturated rings. The average molecular weight is 355 g/mol. The monoisotopic (exact) mass is 355 g/mol. The maximum Gasteiger partial charge on any atom is 0.360 e. The molecule has 6 heteroatoms. The highest BCUT2D eigenvalue weighted by Gasteiger charge is 2.42. The van der Waals surface area contributed by atoms with Gasteiger partial charge in [0.2, 0.25) is 6.08 Å². The molecule has 136 valence electrons. The predicted molar refractivity (Wildman–Crippen MR) is 95.7 cm³/mol. The summed E-state index contributed by atoms with van der Waals surface area (Å²) in [6.07, 6.45) is 1.31. The molecule has 0 saturated carbocycles. The molecule has 0 aliphatic heterocycles. The molecule has 1 N–H and O–H groups in total. The van der Waals surface area contributed by atoms with E-state index in [4.69, 9.17) is 9.47 Å². The molecular formula is C20H21NO5. The Hall–Kier alpha value is -2.95.